The summed E-state index contributed by atoms with van der Waals surface area (Å²) in [5.74, 6) is 1.69. The Bertz CT molecular complexity index is 1310. The minimum absolute atomic E-state index is 0.124. The van der Waals surface area contributed by atoms with Crippen LogP contribution in [0.25, 0.3) is 0 Å². The monoisotopic (exact) mass is 577 g/mol. The van der Waals surface area contributed by atoms with Crippen molar-refractivity contribution in [3.63, 3.8) is 0 Å². The second-order valence-corrected chi connectivity index (χ2v) is 11.2. The average molecular weight is 578 g/mol. The van der Waals surface area contributed by atoms with Gasteiger partial charge >= 0.3 is 11.8 Å². The number of rotatable bonds is 11. The maximum Gasteiger partial charge on any atom is 0.410 e. The Kier molecular flexibility index (Phi) is 9.72. The van der Waals surface area contributed by atoms with Crippen LogP contribution in [0.4, 0.5) is 22.0 Å². The Morgan fingerprint density at radius 2 is 1.60 bits per heavy atom. The molecule has 0 saturated carbocycles. The highest BCUT2D eigenvalue weighted by Gasteiger charge is 2.33. The van der Waals surface area contributed by atoms with Gasteiger partial charge in [-0.05, 0) is 75.1 Å². The predicted octanol–water partition coefficient (Wildman–Crippen LogP) is 6.03. The number of aromatic nitrogens is 1. The van der Waals surface area contributed by atoms with Crippen molar-refractivity contribution >= 4 is 23.3 Å². The van der Waals surface area contributed by atoms with Crippen LogP contribution in [0.15, 0.2) is 60.8 Å². The Morgan fingerprint density at radius 1 is 1.02 bits per heavy atom. The van der Waals surface area contributed by atoms with Gasteiger partial charge in [-0.3, -0.25) is 10.1 Å². The molecule has 3 aromatic rings. The van der Waals surface area contributed by atoms with Gasteiger partial charge in [0, 0.05) is 32.4 Å². The molecule has 0 radical (unpaired) electrons. The summed E-state index contributed by atoms with van der Waals surface area (Å²) in [6, 6.07) is 16.6. The zero-order valence-electron chi connectivity index (χ0n) is 24.8. The first-order valence-electron chi connectivity index (χ1n) is 14.0. The molecule has 1 fully saturated rings. The predicted molar refractivity (Wildman–Crippen MR) is 161 cm³/mol. The summed E-state index contributed by atoms with van der Waals surface area (Å²) in [6.07, 6.45) is 2.81. The van der Waals surface area contributed by atoms with E-state index in [-0.39, 0.29) is 23.6 Å². The summed E-state index contributed by atoms with van der Waals surface area (Å²) in [4.78, 5) is 33.0. The van der Waals surface area contributed by atoms with E-state index in [2.05, 4.69) is 10.3 Å². The number of nitro groups is 1. The number of amides is 1. The molecular weight excluding hydrogens is 538 g/mol. The van der Waals surface area contributed by atoms with E-state index in [1.807, 2.05) is 74.2 Å². The zero-order chi connectivity index (χ0) is 30.3. The largest absolute Gasteiger partial charge is 0.497 e. The molecule has 1 N–H and O–H groups in total. The summed E-state index contributed by atoms with van der Waals surface area (Å²) in [5, 5.41) is 15.8. The van der Waals surface area contributed by atoms with Crippen molar-refractivity contribution in [3.8, 4) is 11.5 Å². The quantitative estimate of drug-likeness (QED) is 0.215. The lowest BCUT2D eigenvalue weighted by molar-refractivity contribution is -0.383. The van der Waals surface area contributed by atoms with Gasteiger partial charge in [0.2, 0.25) is 5.82 Å². The first-order chi connectivity index (χ1) is 20.1. The van der Waals surface area contributed by atoms with Crippen LogP contribution in [-0.4, -0.2) is 59.9 Å². The third-order valence-corrected chi connectivity index (χ3v) is 6.99. The number of benzene rings is 2. The third kappa shape index (κ3) is 7.80. The molecule has 1 atom stereocenters. The molecule has 2 heterocycles. The Balaban J connectivity index is 1.62. The van der Waals surface area contributed by atoms with E-state index in [4.69, 9.17) is 14.2 Å². The summed E-state index contributed by atoms with van der Waals surface area (Å²) >= 11 is 0. The molecule has 0 aliphatic carbocycles. The van der Waals surface area contributed by atoms with Crippen LogP contribution in [0, 0.1) is 10.1 Å². The highest BCUT2D eigenvalue weighted by atomic mass is 16.6. The summed E-state index contributed by atoms with van der Waals surface area (Å²) in [5.41, 5.74) is 1.50. The van der Waals surface area contributed by atoms with Crippen molar-refractivity contribution in [1.82, 2.24) is 9.88 Å². The Hall–Kier alpha value is -4.54. The fourth-order valence-corrected chi connectivity index (χ4v) is 4.94. The maximum absolute atomic E-state index is 12.8. The molecule has 2 aromatic carbocycles. The molecule has 224 valence electrons. The van der Waals surface area contributed by atoms with Gasteiger partial charge in [0.25, 0.3) is 0 Å². The van der Waals surface area contributed by atoms with Gasteiger partial charge in [-0.15, -0.1) is 0 Å². The molecule has 11 nitrogen and oxygen atoms in total. The number of pyridine rings is 1. The number of carbonyl (C=O) groups excluding carboxylic acids is 1. The number of likely N-dealkylation sites (tertiary alicyclic amines) is 1. The second-order valence-electron chi connectivity index (χ2n) is 11.2. The third-order valence-electron chi connectivity index (χ3n) is 6.99. The minimum Gasteiger partial charge on any atom is -0.497 e. The van der Waals surface area contributed by atoms with Crippen LogP contribution in [0.2, 0.25) is 0 Å². The molecule has 42 heavy (non-hydrogen) atoms. The Morgan fingerprint density at radius 3 is 2.10 bits per heavy atom. The van der Waals surface area contributed by atoms with Gasteiger partial charge in [-0.1, -0.05) is 24.3 Å². The lowest BCUT2D eigenvalue weighted by Gasteiger charge is -2.29. The number of anilines is 2. The van der Waals surface area contributed by atoms with Crippen LogP contribution >= 0.6 is 0 Å². The fraction of sp³-hybridized carbons (Fsp3) is 0.419. The first kappa shape index (κ1) is 30.4. The molecule has 1 unspecified atom stereocenters. The van der Waals surface area contributed by atoms with Gasteiger partial charge in [-0.2, -0.15) is 0 Å². The molecule has 1 amide bonds. The Labute approximate surface area is 246 Å². The van der Waals surface area contributed by atoms with E-state index in [9.17, 15) is 14.9 Å². The van der Waals surface area contributed by atoms with Gasteiger partial charge in [0.05, 0.1) is 25.2 Å². The van der Waals surface area contributed by atoms with Crippen molar-refractivity contribution in [1.29, 1.82) is 0 Å². The number of nitrogens with one attached hydrogen (secondary N) is 1. The van der Waals surface area contributed by atoms with Gasteiger partial charge in [-0.25, -0.2) is 9.78 Å². The number of ether oxygens (including phenoxy) is 3. The van der Waals surface area contributed by atoms with Crippen LogP contribution in [0.3, 0.4) is 0 Å². The van der Waals surface area contributed by atoms with E-state index in [1.165, 1.54) is 0 Å². The van der Waals surface area contributed by atoms with Gasteiger partial charge in [0.1, 0.15) is 22.8 Å². The molecule has 0 bridgehead atoms. The lowest BCUT2D eigenvalue weighted by atomic mass is 10.1. The first-order valence-corrected chi connectivity index (χ1v) is 14.0. The maximum atomic E-state index is 12.8. The van der Waals surface area contributed by atoms with E-state index in [1.54, 1.807) is 31.4 Å². The minimum atomic E-state index is -0.604. The van der Waals surface area contributed by atoms with E-state index in [0.717, 1.165) is 35.5 Å². The fourth-order valence-electron chi connectivity index (χ4n) is 4.94. The lowest BCUT2D eigenvalue weighted by Crippen LogP contribution is -2.42. The molecule has 11 heteroatoms. The molecule has 1 aliphatic rings. The van der Waals surface area contributed by atoms with Crippen molar-refractivity contribution in [3.05, 3.63) is 82.0 Å². The summed E-state index contributed by atoms with van der Waals surface area (Å²) in [7, 11) is 3.21. The van der Waals surface area contributed by atoms with E-state index >= 15 is 0 Å². The summed E-state index contributed by atoms with van der Waals surface area (Å²) < 4.78 is 16.2. The molecule has 1 aromatic heterocycles. The van der Waals surface area contributed by atoms with E-state index in [0.29, 0.717) is 31.9 Å². The van der Waals surface area contributed by atoms with Crippen LogP contribution in [-0.2, 0) is 17.8 Å². The number of methoxy groups -OCH3 is 2. The molecule has 0 spiro atoms. The highest BCUT2D eigenvalue weighted by molar-refractivity contribution is 5.74. The highest BCUT2D eigenvalue weighted by Crippen LogP contribution is 2.36. The molecule has 1 aliphatic heterocycles. The van der Waals surface area contributed by atoms with Crippen LogP contribution in [0.5, 0.6) is 11.5 Å². The topological polar surface area (TPSA) is 119 Å². The molecule has 4 rings (SSSR count). The van der Waals surface area contributed by atoms with Crippen molar-refractivity contribution in [2.45, 2.75) is 58.3 Å². The second kappa shape index (κ2) is 13.4. The van der Waals surface area contributed by atoms with Gasteiger partial charge in [0.15, 0.2) is 0 Å². The van der Waals surface area contributed by atoms with Crippen molar-refractivity contribution < 1.29 is 23.9 Å². The summed E-state index contributed by atoms with van der Waals surface area (Å²) in [6.45, 7) is 7.19. The van der Waals surface area contributed by atoms with E-state index < -0.39 is 10.5 Å². The molecule has 1 saturated heterocycles. The van der Waals surface area contributed by atoms with Crippen LogP contribution in [0.1, 0.15) is 44.7 Å². The van der Waals surface area contributed by atoms with Crippen LogP contribution < -0.4 is 19.7 Å². The normalized spacial score (nSPS) is 14.8. The van der Waals surface area contributed by atoms with Gasteiger partial charge < -0.3 is 29.3 Å². The number of hydrogen-bond acceptors (Lipinski definition) is 9. The standard InChI is InChI=1S/C31H39N5O6/c1-31(2,3)42-30(37)35-18-6-7-24(35)19-33-27-16-17-32-29(28(27)36(38)39)34(20-22-8-12-25(40-4)13-9-22)21-23-10-14-26(41-5)15-11-23/h8-17,24H,6-7,18-21H2,1-5H3,(H,32,33). The number of nitrogens with zero attached hydrogens (tertiary/aromatic N) is 4. The number of carbonyl (C=O) groups is 1. The molecular formula is C31H39N5O6. The number of hydrogen-bond donors (Lipinski definition) is 1. The van der Waals surface area contributed by atoms with Crippen molar-refractivity contribution in [2.24, 2.45) is 0 Å². The zero-order valence-corrected chi connectivity index (χ0v) is 24.8. The average Bonchev–Trinajstić information content (AvgIpc) is 3.44. The smallest absolute Gasteiger partial charge is 0.410 e. The SMILES string of the molecule is COc1ccc(CN(Cc2ccc(OC)cc2)c2nccc(NCC3CCCN3C(=O)OC(C)(C)C)c2[N+](=O)[O-])cc1. The van der Waals surface area contributed by atoms with Crippen molar-refractivity contribution in [2.75, 3.05) is 37.5 Å².